The van der Waals surface area contributed by atoms with Gasteiger partial charge in [0.1, 0.15) is 16.4 Å². The number of aryl methyl sites for hydroxylation is 2. The molecular formula is C12H10ClF3N4O2. The van der Waals surface area contributed by atoms with Crippen LogP contribution in [0.3, 0.4) is 0 Å². The maximum atomic E-state index is 13.0. The first-order valence-corrected chi connectivity index (χ1v) is 6.30. The molecule has 2 rings (SSSR count). The second kappa shape index (κ2) is 5.48. The lowest BCUT2D eigenvalue weighted by atomic mass is 10.2. The van der Waals surface area contributed by atoms with Crippen LogP contribution < -0.4 is 10.9 Å². The van der Waals surface area contributed by atoms with Gasteiger partial charge in [0.05, 0.1) is 0 Å². The third-order valence-electron chi connectivity index (χ3n) is 2.88. The van der Waals surface area contributed by atoms with E-state index in [1.54, 1.807) is 0 Å². The van der Waals surface area contributed by atoms with E-state index < -0.39 is 34.1 Å². The molecule has 2 N–H and O–H groups in total. The van der Waals surface area contributed by atoms with E-state index in [9.17, 15) is 22.8 Å². The SMILES string of the molecule is Cc1cc[nH]c(=O)c1NC(=O)c1nn(C)c(Cl)c1C(F)(F)F. The van der Waals surface area contributed by atoms with Crippen LogP contribution in [-0.4, -0.2) is 20.7 Å². The molecule has 10 heteroatoms. The molecule has 1 amide bonds. The highest BCUT2D eigenvalue weighted by Crippen LogP contribution is 2.37. The summed E-state index contributed by atoms with van der Waals surface area (Å²) in [5, 5.41) is 4.89. The third-order valence-corrected chi connectivity index (χ3v) is 3.32. The van der Waals surface area contributed by atoms with Crippen molar-refractivity contribution in [3.8, 4) is 0 Å². The highest BCUT2D eigenvalue weighted by molar-refractivity contribution is 6.31. The second-order valence-electron chi connectivity index (χ2n) is 4.45. The fourth-order valence-corrected chi connectivity index (χ4v) is 2.05. The topological polar surface area (TPSA) is 79.8 Å². The van der Waals surface area contributed by atoms with Gasteiger partial charge in [0.25, 0.3) is 11.5 Å². The van der Waals surface area contributed by atoms with E-state index in [-0.39, 0.29) is 5.69 Å². The smallest absolute Gasteiger partial charge is 0.327 e. The third kappa shape index (κ3) is 2.84. The molecule has 2 heterocycles. The molecule has 0 aliphatic heterocycles. The highest BCUT2D eigenvalue weighted by atomic mass is 35.5. The summed E-state index contributed by atoms with van der Waals surface area (Å²) in [6.45, 7) is 1.53. The van der Waals surface area contributed by atoms with Crippen molar-refractivity contribution in [3.05, 3.63) is 44.6 Å². The molecule has 0 aliphatic rings. The molecule has 0 aliphatic carbocycles. The molecule has 2 aromatic heterocycles. The molecule has 0 saturated heterocycles. The van der Waals surface area contributed by atoms with Crippen molar-refractivity contribution in [2.75, 3.05) is 5.32 Å². The van der Waals surface area contributed by atoms with E-state index in [0.29, 0.717) is 5.56 Å². The number of alkyl halides is 3. The maximum absolute atomic E-state index is 13.0. The molecule has 0 aromatic carbocycles. The molecule has 6 nitrogen and oxygen atoms in total. The second-order valence-corrected chi connectivity index (χ2v) is 4.81. The van der Waals surface area contributed by atoms with Crippen LogP contribution in [0.4, 0.5) is 18.9 Å². The predicted octanol–water partition coefficient (Wildman–Crippen LogP) is 2.34. The quantitative estimate of drug-likeness (QED) is 0.884. The summed E-state index contributed by atoms with van der Waals surface area (Å²) in [5.74, 6) is -1.17. The zero-order valence-electron chi connectivity index (χ0n) is 11.4. The fraction of sp³-hybridized carbons (Fsp3) is 0.250. The van der Waals surface area contributed by atoms with Crippen LogP contribution in [-0.2, 0) is 13.2 Å². The number of H-pyrrole nitrogens is 1. The van der Waals surface area contributed by atoms with Crippen molar-refractivity contribution >= 4 is 23.2 Å². The lowest BCUT2D eigenvalue weighted by molar-refractivity contribution is -0.137. The van der Waals surface area contributed by atoms with Gasteiger partial charge in [0.2, 0.25) is 0 Å². The normalized spacial score (nSPS) is 11.5. The number of aromatic nitrogens is 3. The van der Waals surface area contributed by atoms with Gasteiger partial charge in [0, 0.05) is 13.2 Å². The first kappa shape index (κ1) is 16.1. The highest BCUT2D eigenvalue weighted by Gasteiger charge is 2.41. The zero-order valence-corrected chi connectivity index (χ0v) is 12.1. The number of halogens is 4. The van der Waals surface area contributed by atoms with Gasteiger partial charge in [-0.15, -0.1) is 0 Å². The summed E-state index contributed by atoms with van der Waals surface area (Å²) in [4.78, 5) is 26.0. The van der Waals surface area contributed by atoms with Gasteiger partial charge in [0.15, 0.2) is 5.69 Å². The molecule has 0 spiro atoms. The van der Waals surface area contributed by atoms with Crippen LogP contribution in [0.5, 0.6) is 0 Å². The molecule has 0 bridgehead atoms. The average Bonchev–Trinajstić information content (AvgIpc) is 2.70. The number of nitrogens with one attached hydrogen (secondary N) is 2. The number of aromatic amines is 1. The number of hydrogen-bond donors (Lipinski definition) is 2. The lowest BCUT2D eigenvalue weighted by Gasteiger charge is -2.08. The first-order valence-electron chi connectivity index (χ1n) is 5.92. The van der Waals surface area contributed by atoms with Gasteiger partial charge in [-0.2, -0.15) is 18.3 Å². The van der Waals surface area contributed by atoms with Gasteiger partial charge in [-0.3, -0.25) is 14.3 Å². The summed E-state index contributed by atoms with van der Waals surface area (Å²) in [6, 6.07) is 1.49. The Balaban J connectivity index is 2.48. The van der Waals surface area contributed by atoms with Crippen LogP contribution in [0.25, 0.3) is 0 Å². The van der Waals surface area contributed by atoms with Gasteiger partial charge in [-0.25, -0.2) is 0 Å². The number of hydrogen-bond acceptors (Lipinski definition) is 3. The minimum absolute atomic E-state index is 0.151. The Morgan fingerprint density at radius 1 is 1.45 bits per heavy atom. The van der Waals surface area contributed by atoms with Crippen LogP contribution >= 0.6 is 11.6 Å². The van der Waals surface area contributed by atoms with Crippen molar-refractivity contribution in [3.63, 3.8) is 0 Å². The minimum Gasteiger partial charge on any atom is -0.327 e. The first-order chi connectivity index (χ1) is 10.1. The van der Waals surface area contributed by atoms with Crippen LogP contribution in [0.2, 0.25) is 5.15 Å². The van der Waals surface area contributed by atoms with Gasteiger partial charge < -0.3 is 10.3 Å². The standard InChI is InChI=1S/C12H10ClF3N4O2/c1-5-3-4-17-10(21)7(5)18-11(22)8-6(12(14,15)16)9(13)20(2)19-8/h3-4H,1-2H3,(H,17,21)(H,18,22). The molecule has 0 radical (unpaired) electrons. The van der Waals surface area contributed by atoms with Crippen molar-refractivity contribution in [2.45, 2.75) is 13.1 Å². The van der Waals surface area contributed by atoms with Gasteiger partial charge in [-0.1, -0.05) is 11.6 Å². The Morgan fingerprint density at radius 2 is 2.09 bits per heavy atom. The van der Waals surface area contributed by atoms with E-state index in [2.05, 4.69) is 15.4 Å². The van der Waals surface area contributed by atoms with Crippen LogP contribution in [0.1, 0.15) is 21.6 Å². The Labute approximate surface area is 126 Å². The largest absolute Gasteiger partial charge is 0.421 e. The van der Waals surface area contributed by atoms with Gasteiger partial charge in [-0.05, 0) is 18.6 Å². The Bertz CT molecular complexity index is 795. The van der Waals surface area contributed by atoms with E-state index in [4.69, 9.17) is 11.6 Å². The summed E-state index contributed by atoms with van der Waals surface area (Å²) in [7, 11) is 1.18. The molecule has 0 saturated carbocycles. The number of anilines is 1. The molecule has 2 aromatic rings. The van der Waals surface area contributed by atoms with E-state index >= 15 is 0 Å². The summed E-state index contributed by atoms with van der Waals surface area (Å²) >= 11 is 5.54. The number of pyridine rings is 1. The predicted molar refractivity (Wildman–Crippen MR) is 73.0 cm³/mol. The van der Waals surface area contributed by atoms with E-state index in [0.717, 1.165) is 4.68 Å². The van der Waals surface area contributed by atoms with Crippen molar-refractivity contribution in [1.82, 2.24) is 14.8 Å². The summed E-state index contributed by atoms with van der Waals surface area (Å²) in [5.41, 5.74) is -2.64. The zero-order chi connectivity index (χ0) is 16.7. The minimum atomic E-state index is -4.85. The summed E-state index contributed by atoms with van der Waals surface area (Å²) in [6.07, 6.45) is -3.50. The number of nitrogens with zero attached hydrogens (tertiary/aromatic N) is 2. The summed E-state index contributed by atoms with van der Waals surface area (Å²) < 4.78 is 39.7. The molecule has 0 unspecified atom stereocenters. The molecule has 118 valence electrons. The Kier molecular flexibility index (Phi) is 4.01. The van der Waals surface area contributed by atoms with Crippen LogP contribution in [0, 0.1) is 6.92 Å². The number of amides is 1. The Morgan fingerprint density at radius 3 is 2.64 bits per heavy atom. The Hall–Kier alpha value is -2.29. The van der Waals surface area contributed by atoms with Crippen LogP contribution in [0.15, 0.2) is 17.1 Å². The molecular weight excluding hydrogens is 325 g/mol. The number of rotatable bonds is 2. The monoisotopic (exact) mass is 334 g/mol. The lowest BCUT2D eigenvalue weighted by Crippen LogP contribution is -2.23. The molecule has 0 fully saturated rings. The average molecular weight is 335 g/mol. The maximum Gasteiger partial charge on any atom is 0.421 e. The van der Waals surface area contributed by atoms with E-state index in [1.165, 1.54) is 26.2 Å². The van der Waals surface area contributed by atoms with Crippen molar-refractivity contribution < 1.29 is 18.0 Å². The van der Waals surface area contributed by atoms with Crippen molar-refractivity contribution in [1.29, 1.82) is 0 Å². The molecule has 0 atom stereocenters. The number of carbonyl (C=O) groups excluding carboxylic acids is 1. The van der Waals surface area contributed by atoms with Gasteiger partial charge >= 0.3 is 6.18 Å². The number of carbonyl (C=O) groups is 1. The fourth-order valence-electron chi connectivity index (χ4n) is 1.82. The molecule has 22 heavy (non-hydrogen) atoms. The van der Waals surface area contributed by atoms with Crippen molar-refractivity contribution in [2.24, 2.45) is 7.05 Å². The van der Waals surface area contributed by atoms with E-state index in [1.807, 2.05) is 0 Å².